The SMILES string of the molecule is Fc1cccc(F)c1CN1CCC[C@@H]1c1cnccn1. The molecule has 1 aromatic carbocycles. The maximum Gasteiger partial charge on any atom is 0.130 e. The molecule has 2 heterocycles. The van der Waals surface area contributed by atoms with Crippen molar-refractivity contribution >= 4 is 0 Å². The van der Waals surface area contributed by atoms with Gasteiger partial charge in [-0.2, -0.15) is 0 Å². The Balaban J connectivity index is 1.83. The Hall–Kier alpha value is -1.88. The molecule has 0 aliphatic carbocycles. The van der Waals surface area contributed by atoms with E-state index >= 15 is 0 Å². The van der Waals surface area contributed by atoms with Gasteiger partial charge in [-0.15, -0.1) is 0 Å². The molecule has 1 saturated heterocycles. The van der Waals surface area contributed by atoms with Crippen LogP contribution in [0.2, 0.25) is 0 Å². The lowest BCUT2D eigenvalue weighted by Gasteiger charge is -2.24. The van der Waals surface area contributed by atoms with Crippen molar-refractivity contribution in [3.05, 3.63) is 59.7 Å². The summed E-state index contributed by atoms with van der Waals surface area (Å²) in [5.41, 5.74) is 0.991. The highest BCUT2D eigenvalue weighted by Crippen LogP contribution is 2.32. The van der Waals surface area contributed by atoms with E-state index in [1.807, 2.05) is 0 Å². The summed E-state index contributed by atoms with van der Waals surface area (Å²) < 4.78 is 27.5. The van der Waals surface area contributed by atoms with Gasteiger partial charge < -0.3 is 0 Å². The second kappa shape index (κ2) is 5.63. The van der Waals surface area contributed by atoms with Gasteiger partial charge in [0.15, 0.2) is 0 Å². The van der Waals surface area contributed by atoms with E-state index in [0.29, 0.717) is 0 Å². The van der Waals surface area contributed by atoms with Crippen LogP contribution in [0.5, 0.6) is 0 Å². The molecular weight excluding hydrogens is 260 g/mol. The van der Waals surface area contributed by atoms with Crippen LogP contribution in [0, 0.1) is 11.6 Å². The molecule has 2 aromatic rings. The molecule has 3 nitrogen and oxygen atoms in total. The van der Waals surface area contributed by atoms with E-state index in [1.54, 1.807) is 18.6 Å². The number of aromatic nitrogens is 2. The normalized spacial score (nSPS) is 19.4. The second-order valence-corrected chi connectivity index (χ2v) is 4.96. The van der Waals surface area contributed by atoms with Crippen molar-refractivity contribution in [3.8, 4) is 0 Å². The standard InChI is InChI=1S/C15H15F2N3/c16-12-3-1-4-13(17)11(12)10-20-8-2-5-15(20)14-9-18-6-7-19-14/h1,3-4,6-7,9,15H,2,5,8,10H2/t15-/m1/s1. The van der Waals surface area contributed by atoms with Crippen LogP contribution in [0.3, 0.4) is 0 Å². The molecular formula is C15H15F2N3. The van der Waals surface area contributed by atoms with Crippen molar-refractivity contribution < 1.29 is 8.78 Å². The lowest BCUT2D eigenvalue weighted by molar-refractivity contribution is 0.237. The minimum Gasteiger partial charge on any atom is -0.290 e. The van der Waals surface area contributed by atoms with Crippen LogP contribution in [0.1, 0.15) is 30.1 Å². The molecule has 1 aliphatic rings. The van der Waals surface area contributed by atoms with Crippen LogP contribution >= 0.6 is 0 Å². The number of nitrogens with zero attached hydrogens (tertiary/aromatic N) is 3. The van der Waals surface area contributed by atoms with Gasteiger partial charge in [0.2, 0.25) is 0 Å². The molecule has 104 valence electrons. The number of halogens is 2. The predicted molar refractivity (Wildman–Crippen MR) is 70.8 cm³/mol. The first kappa shape index (κ1) is 13.1. The van der Waals surface area contributed by atoms with E-state index in [0.717, 1.165) is 25.1 Å². The van der Waals surface area contributed by atoms with Crippen LogP contribution in [0.4, 0.5) is 8.78 Å². The Bertz CT molecular complexity index is 569. The lowest BCUT2D eigenvalue weighted by Crippen LogP contribution is -2.24. The summed E-state index contributed by atoms with van der Waals surface area (Å²) in [5, 5.41) is 0. The van der Waals surface area contributed by atoms with Crippen LogP contribution in [0.15, 0.2) is 36.8 Å². The van der Waals surface area contributed by atoms with Crippen molar-refractivity contribution in [3.63, 3.8) is 0 Å². The molecule has 0 spiro atoms. The third-order valence-corrected chi connectivity index (χ3v) is 3.71. The van der Waals surface area contributed by atoms with Gasteiger partial charge in [0, 0.05) is 30.7 Å². The largest absolute Gasteiger partial charge is 0.290 e. The van der Waals surface area contributed by atoms with E-state index < -0.39 is 11.6 Å². The first-order valence-electron chi connectivity index (χ1n) is 6.68. The molecule has 0 unspecified atom stereocenters. The van der Waals surface area contributed by atoms with E-state index in [9.17, 15) is 8.78 Å². The van der Waals surface area contributed by atoms with E-state index in [4.69, 9.17) is 0 Å². The van der Waals surface area contributed by atoms with Crippen molar-refractivity contribution in [2.45, 2.75) is 25.4 Å². The average molecular weight is 275 g/mol. The summed E-state index contributed by atoms with van der Waals surface area (Å²) in [5.74, 6) is -0.982. The summed E-state index contributed by atoms with van der Waals surface area (Å²) in [6, 6.07) is 4.07. The van der Waals surface area contributed by atoms with Gasteiger partial charge in [0.25, 0.3) is 0 Å². The van der Waals surface area contributed by atoms with Crippen LogP contribution < -0.4 is 0 Å². The summed E-state index contributed by atoms with van der Waals surface area (Å²) >= 11 is 0. The molecule has 20 heavy (non-hydrogen) atoms. The number of likely N-dealkylation sites (tertiary alicyclic amines) is 1. The highest BCUT2D eigenvalue weighted by molar-refractivity contribution is 5.20. The number of benzene rings is 1. The van der Waals surface area contributed by atoms with Gasteiger partial charge in [0.1, 0.15) is 11.6 Å². The Labute approximate surface area is 116 Å². The Morgan fingerprint density at radius 3 is 2.70 bits per heavy atom. The number of hydrogen-bond acceptors (Lipinski definition) is 3. The highest BCUT2D eigenvalue weighted by Gasteiger charge is 2.28. The molecule has 0 N–H and O–H groups in total. The Morgan fingerprint density at radius 2 is 2.00 bits per heavy atom. The summed E-state index contributed by atoms with van der Waals surface area (Å²) in [6.07, 6.45) is 6.93. The third kappa shape index (κ3) is 2.54. The first-order valence-corrected chi connectivity index (χ1v) is 6.68. The molecule has 0 amide bonds. The maximum atomic E-state index is 13.7. The monoisotopic (exact) mass is 275 g/mol. The molecule has 0 bridgehead atoms. The second-order valence-electron chi connectivity index (χ2n) is 4.96. The number of hydrogen-bond donors (Lipinski definition) is 0. The van der Waals surface area contributed by atoms with Gasteiger partial charge in [-0.1, -0.05) is 6.07 Å². The zero-order valence-corrected chi connectivity index (χ0v) is 11.0. The van der Waals surface area contributed by atoms with Gasteiger partial charge in [-0.25, -0.2) is 8.78 Å². The fourth-order valence-corrected chi connectivity index (χ4v) is 2.72. The molecule has 0 radical (unpaired) electrons. The van der Waals surface area contributed by atoms with Crippen LogP contribution in [-0.4, -0.2) is 21.4 Å². The zero-order valence-electron chi connectivity index (χ0n) is 11.0. The maximum absolute atomic E-state index is 13.7. The topological polar surface area (TPSA) is 29.0 Å². The zero-order chi connectivity index (χ0) is 13.9. The number of rotatable bonds is 3. The molecule has 1 atom stereocenters. The van der Waals surface area contributed by atoms with Crippen molar-refractivity contribution in [2.24, 2.45) is 0 Å². The van der Waals surface area contributed by atoms with E-state index in [-0.39, 0.29) is 18.2 Å². The highest BCUT2D eigenvalue weighted by atomic mass is 19.1. The van der Waals surface area contributed by atoms with Crippen molar-refractivity contribution in [1.29, 1.82) is 0 Å². The fourth-order valence-electron chi connectivity index (χ4n) is 2.72. The fraction of sp³-hybridized carbons (Fsp3) is 0.333. The minimum absolute atomic E-state index is 0.0858. The summed E-state index contributed by atoms with van der Waals surface area (Å²) in [6.45, 7) is 1.08. The van der Waals surface area contributed by atoms with Crippen molar-refractivity contribution in [2.75, 3.05) is 6.54 Å². The lowest BCUT2D eigenvalue weighted by atomic mass is 10.1. The Kier molecular flexibility index (Phi) is 3.69. The first-order chi connectivity index (χ1) is 9.75. The molecule has 1 fully saturated rings. The summed E-state index contributed by atoms with van der Waals surface area (Å²) in [4.78, 5) is 10.4. The van der Waals surface area contributed by atoms with E-state index in [1.165, 1.54) is 18.2 Å². The van der Waals surface area contributed by atoms with Gasteiger partial charge in [-0.3, -0.25) is 14.9 Å². The van der Waals surface area contributed by atoms with Crippen LogP contribution in [-0.2, 0) is 6.54 Å². The molecule has 0 saturated carbocycles. The minimum atomic E-state index is -0.491. The molecule has 1 aliphatic heterocycles. The average Bonchev–Trinajstić information content (AvgIpc) is 2.92. The van der Waals surface area contributed by atoms with Gasteiger partial charge in [-0.05, 0) is 31.5 Å². The van der Waals surface area contributed by atoms with Crippen molar-refractivity contribution in [1.82, 2.24) is 14.9 Å². The summed E-state index contributed by atoms with van der Waals surface area (Å²) in [7, 11) is 0. The quantitative estimate of drug-likeness (QED) is 0.862. The van der Waals surface area contributed by atoms with Gasteiger partial charge >= 0.3 is 0 Å². The molecule has 1 aromatic heterocycles. The van der Waals surface area contributed by atoms with Crippen LogP contribution in [0.25, 0.3) is 0 Å². The third-order valence-electron chi connectivity index (χ3n) is 3.71. The predicted octanol–water partition coefficient (Wildman–Crippen LogP) is 3.09. The Morgan fingerprint density at radius 1 is 1.20 bits per heavy atom. The smallest absolute Gasteiger partial charge is 0.130 e. The van der Waals surface area contributed by atoms with E-state index in [2.05, 4.69) is 14.9 Å². The molecule has 3 rings (SSSR count). The van der Waals surface area contributed by atoms with Gasteiger partial charge in [0.05, 0.1) is 11.7 Å². The molecule has 5 heteroatoms.